The summed E-state index contributed by atoms with van der Waals surface area (Å²) < 4.78 is 12.2. The smallest absolute Gasteiger partial charge is 0.140 e. The van der Waals surface area contributed by atoms with Crippen LogP contribution in [0.4, 0.5) is 0 Å². The lowest BCUT2D eigenvalue weighted by molar-refractivity contribution is -0.122. The molecule has 0 saturated carbocycles. The van der Waals surface area contributed by atoms with Gasteiger partial charge in [-0.1, -0.05) is 44.5 Å². The summed E-state index contributed by atoms with van der Waals surface area (Å²) in [6, 6.07) is 8.46. The Balaban J connectivity index is 1.63. The van der Waals surface area contributed by atoms with Crippen molar-refractivity contribution in [1.82, 2.24) is 0 Å². The molecule has 1 aromatic rings. The maximum Gasteiger partial charge on any atom is 0.140 e. The first kappa shape index (κ1) is 15.9. The average Bonchev–Trinajstić information content (AvgIpc) is 2.47. The summed E-state index contributed by atoms with van der Waals surface area (Å²) in [4.78, 5) is 12.6. The summed E-state index contributed by atoms with van der Waals surface area (Å²) in [6.07, 6.45) is 5.54. The van der Waals surface area contributed by atoms with Crippen LogP contribution in [0.2, 0.25) is 0 Å². The van der Waals surface area contributed by atoms with E-state index in [-0.39, 0.29) is 16.4 Å². The minimum absolute atomic E-state index is 0.137. The van der Waals surface area contributed by atoms with Gasteiger partial charge in [0.05, 0.1) is 0 Å². The fraction of sp³-hybridized carbons (Fsp3) is 0.632. The van der Waals surface area contributed by atoms with Crippen molar-refractivity contribution in [2.75, 3.05) is 0 Å². The summed E-state index contributed by atoms with van der Waals surface area (Å²) in [5.41, 5.74) is 2.44. The second-order valence-corrected chi connectivity index (χ2v) is 9.20. The molecule has 1 aromatic carbocycles. The van der Waals surface area contributed by atoms with Crippen LogP contribution in [0.1, 0.15) is 63.0 Å². The van der Waals surface area contributed by atoms with Crippen LogP contribution in [0.15, 0.2) is 24.3 Å². The second kappa shape index (κ2) is 6.66. The van der Waals surface area contributed by atoms with E-state index < -0.39 is 10.8 Å². The highest BCUT2D eigenvalue weighted by atomic mass is 32.2. The van der Waals surface area contributed by atoms with Gasteiger partial charge >= 0.3 is 0 Å². The Morgan fingerprint density at radius 3 is 2.27 bits per heavy atom. The molecule has 0 amide bonds. The van der Waals surface area contributed by atoms with Crippen molar-refractivity contribution in [3.63, 3.8) is 0 Å². The van der Waals surface area contributed by atoms with Crippen molar-refractivity contribution in [2.24, 2.45) is 5.92 Å². The zero-order valence-electron chi connectivity index (χ0n) is 13.6. The van der Waals surface area contributed by atoms with Gasteiger partial charge in [0.1, 0.15) is 5.78 Å². The Labute approximate surface area is 136 Å². The Morgan fingerprint density at radius 2 is 1.73 bits per heavy atom. The van der Waals surface area contributed by atoms with Gasteiger partial charge in [0.2, 0.25) is 0 Å². The van der Waals surface area contributed by atoms with Gasteiger partial charge in [0.25, 0.3) is 0 Å². The standard InChI is InChI=1S/C19H26O2S/c1-13(2)15-8-6-14(7-9-15)10-19(20)16-11-17-4-3-5-18(12-16)22(17)21/h6-9,13,16-18H,3-5,10-12H2,1-2H3. The van der Waals surface area contributed by atoms with Crippen molar-refractivity contribution in [3.8, 4) is 0 Å². The number of carbonyl (C=O) groups is 1. The molecule has 0 aliphatic carbocycles. The summed E-state index contributed by atoms with van der Waals surface area (Å²) >= 11 is 0. The van der Waals surface area contributed by atoms with Gasteiger partial charge < -0.3 is 0 Å². The monoisotopic (exact) mass is 318 g/mol. The topological polar surface area (TPSA) is 34.1 Å². The van der Waals surface area contributed by atoms with Gasteiger partial charge in [-0.15, -0.1) is 0 Å². The highest BCUT2D eigenvalue weighted by Crippen LogP contribution is 2.37. The van der Waals surface area contributed by atoms with E-state index in [4.69, 9.17) is 0 Å². The van der Waals surface area contributed by atoms with Gasteiger partial charge in [-0.25, -0.2) is 0 Å². The zero-order valence-corrected chi connectivity index (χ0v) is 14.4. The van der Waals surface area contributed by atoms with Crippen molar-refractivity contribution in [2.45, 2.75) is 68.8 Å². The van der Waals surface area contributed by atoms with Crippen molar-refractivity contribution in [3.05, 3.63) is 35.4 Å². The minimum Gasteiger partial charge on any atom is -0.299 e. The van der Waals surface area contributed by atoms with Gasteiger partial charge in [-0.05, 0) is 42.7 Å². The average molecular weight is 318 g/mol. The molecule has 0 N–H and O–H groups in total. The number of Topliss-reactive ketones (excluding diaryl/α,β-unsaturated/α-hetero) is 1. The number of fused-ring (bicyclic) bond motifs is 2. The SMILES string of the molecule is CC(C)c1ccc(CC(=O)C2CC3CCCC(C2)S3=O)cc1. The van der Waals surface area contributed by atoms with Crippen LogP contribution in [0, 0.1) is 5.92 Å². The van der Waals surface area contributed by atoms with E-state index in [0.717, 1.165) is 31.2 Å². The van der Waals surface area contributed by atoms with Crippen LogP contribution >= 0.6 is 0 Å². The maximum atomic E-state index is 12.6. The number of rotatable bonds is 4. The van der Waals surface area contributed by atoms with Crippen molar-refractivity contribution < 1.29 is 9.00 Å². The summed E-state index contributed by atoms with van der Waals surface area (Å²) in [7, 11) is -0.680. The minimum atomic E-state index is -0.680. The maximum absolute atomic E-state index is 12.6. The lowest BCUT2D eigenvalue weighted by atomic mass is 9.84. The Hall–Kier alpha value is -0.960. The lowest BCUT2D eigenvalue weighted by Crippen LogP contribution is -2.41. The first-order valence-corrected chi connectivity index (χ1v) is 9.83. The van der Waals surface area contributed by atoms with Crippen LogP contribution < -0.4 is 0 Å². The van der Waals surface area contributed by atoms with E-state index in [1.165, 1.54) is 12.0 Å². The largest absolute Gasteiger partial charge is 0.299 e. The third-order valence-electron chi connectivity index (χ3n) is 5.28. The summed E-state index contributed by atoms with van der Waals surface area (Å²) in [5.74, 6) is 1.01. The molecule has 0 radical (unpaired) electrons. The van der Waals surface area contributed by atoms with Gasteiger partial charge in [0.15, 0.2) is 0 Å². The third kappa shape index (κ3) is 3.34. The molecule has 0 aromatic heterocycles. The molecule has 2 aliphatic heterocycles. The first-order chi connectivity index (χ1) is 10.5. The number of ketones is 1. The number of benzene rings is 1. The van der Waals surface area contributed by atoms with Crippen LogP contribution in [0.3, 0.4) is 0 Å². The molecule has 2 atom stereocenters. The Kier molecular flexibility index (Phi) is 4.82. The van der Waals surface area contributed by atoms with Gasteiger partial charge in [-0.2, -0.15) is 0 Å². The predicted molar refractivity (Wildman–Crippen MR) is 91.5 cm³/mol. The highest BCUT2D eigenvalue weighted by Gasteiger charge is 2.40. The van der Waals surface area contributed by atoms with Crippen LogP contribution in [-0.2, 0) is 22.0 Å². The van der Waals surface area contributed by atoms with Crippen molar-refractivity contribution in [1.29, 1.82) is 0 Å². The van der Waals surface area contributed by atoms with E-state index in [0.29, 0.717) is 18.1 Å². The van der Waals surface area contributed by atoms with Crippen LogP contribution in [0.25, 0.3) is 0 Å². The van der Waals surface area contributed by atoms with Crippen LogP contribution in [-0.4, -0.2) is 20.5 Å². The summed E-state index contributed by atoms with van der Waals surface area (Å²) in [6.45, 7) is 4.36. The molecule has 0 spiro atoms. The van der Waals surface area contributed by atoms with Gasteiger partial charge in [0, 0.05) is 33.6 Å². The highest BCUT2D eigenvalue weighted by molar-refractivity contribution is 7.86. The molecule has 3 rings (SSSR count). The van der Waals surface area contributed by atoms with E-state index in [2.05, 4.69) is 38.1 Å². The normalized spacial score (nSPS) is 31.2. The third-order valence-corrected chi connectivity index (χ3v) is 7.45. The second-order valence-electron chi connectivity index (χ2n) is 7.21. The van der Waals surface area contributed by atoms with E-state index in [1.807, 2.05) is 0 Å². The zero-order chi connectivity index (χ0) is 15.7. The number of hydrogen-bond donors (Lipinski definition) is 0. The van der Waals surface area contributed by atoms with E-state index in [1.54, 1.807) is 0 Å². The number of hydrogen-bond acceptors (Lipinski definition) is 2. The lowest BCUT2D eigenvalue weighted by Gasteiger charge is -2.37. The molecule has 2 nitrogen and oxygen atoms in total. The molecule has 2 heterocycles. The molecule has 2 unspecified atom stereocenters. The van der Waals surface area contributed by atoms with Crippen LogP contribution in [0.5, 0.6) is 0 Å². The molecule has 22 heavy (non-hydrogen) atoms. The molecular weight excluding hydrogens is 292 g/mol. The Morgan fingerprint density at radius 1 is 1.14 bits per heavy atom. The molecule has 2 saturated heterocycles. The fourth-order valence-corrected chi connectivity index (χ4v) is 6.05. The molecule has 2 fully saturated rings. The van der Waals surface area contributed by atoms with E-state index in [9.17, 15) is 9.00 Å². The Bertz CT molecular complexity index is 545. The van der Waals surface area contributed by atoms with Gasteiger partial charge in [-0.3, -0.25) is 9.00 Å². The molecule has 3 heteroatoms. The first-order valence-electron chi connectivity index (χ1n) is 8.55. The molecular formula is C19H26O2S. The molecule has 2 aliphatic rings. The molecule has 2 bridgehead atoms. The van der Waals surface area contributed by atoms with E-state index >= 15 is 0 Å². The quantitative estimate of drug-likeness (QED) is 0.841. The number of carbonyl (C=O) groups excluding carboxylic acids is 1. The van der Waals surface area contributed by atoms with Crippen molar-refractivity contribution >= 4 is 16.6 Å². The summed E-state index contributed by atoms with van der Waals surface area (Å²) in [5, 5.41) is 0.564. The fourth-order valence-electron chi connectivity index (χ4n) is 3.86. The molecule has 120 valence electrons. The predicted octanol–water partition coefficient (Wildman–Crippen LogP) is 4.00.